The molecule has 4 aliphatic rings. The molecule has 1 N–H and O–H groups in total. The van der Waals surface area contributed by atoms with Gasteiger partial charge in [0, 0.05) is 30.9 Å². The molecule has 0 saturated carbocycles. The van der Waals surface area contributed by atoms with E-state index >= 15 is 0 Å². The number of hydrogen-bond acceptors (Lipinski definition) is 5. The number of anilines is 1. The molecule has 4 heterocycles. The van der Waals surface area contributed by atoms with Crippen LogP contribution in [0, 0.1) is 5.92 Å². The maximum atomic E-state index is 13.7. The summed E-state index contributed by atoms with van der Waals surface area (Å²) in [6, 6.07) is 13.9. The number of benzene rings is 2. The molecule has 2 amide bonds. The average Bonchev–Trinajstić information content (AvgIpc) is 3.54. The van der Waals surface area contributed by atoms with E-state index in [4.69, 9.17) is 9.47 Å². The van der Waals surface area contributed by atoms with Crippen LogP contribution in [0.5, 0.6) is 11.5 Å². The smallest absolute Gasteiger partial charge is 0.252 e. The van der Waals surface area contributed by atoms with Crippen molar-refractivity contribution in [1.82, 2.24) is 10.2 Å². The number of nitrogens with one attached hydrogen (secondary N) is 1. The SMILES string of the molecule is CN1C(=O)[C@@]2(c3ccccc31)[C@@H](C(=O)NCc1ccc3c(c1)OCO3)C[C@H]1CCCN12. The van der Waals surface area contributed by atoms with Crippen LogP contribution in [0.2, 0.25) is 0 Å². The molecule has 0 bridgehead atoms. The third-order valence-corrected chi connectivity index (χ3v) is 7.37. The van der Waals surface area contributed by atoms with Gasteiger partial charge < -0.3 is 19.7 Å². The molecular formula is C24H25N3O4. The number of rotatable bonds is 3. The van der Waals surface area contributed by atoms with Crippen molar-refractivity contribution in [3.8, 4) is 11.5 Å². The molecule has 0 aromatic heterocycles. The van der Waals surface area contributed by atoms with Gasteiger partial charge in [-0.05, 0) is 49.6 Å². The number of carbonyl (C=O) groups excluding carboxylic acids is 2. The molecule has 3 atom stereocenters. The predicted octanol–water partition coefficient (Wildman–Crippen LogP) is 2.39. The van der Waals surface area contributed by atoms with Gasteiger partial charge >= 0.3 is 0 Å². The summed E-state index contributed by atoms with van der Waals surface area (Å²) in [4.78, 5) is 31.3. The molecule has 0 aliphatic carbocycles. The van der Waals surface area contributed by atoms with Gasteiger partial charge in [-0.2, -0.15) is 0 Å². The van der Waals surface area contributed by atoms with E-state index in [0.29, 0.717) is 18.7 Å². The molecular weight excluding hydrogens is 394 g/mol. The van der Waals surface area contributed by atoms with Gasteiger partial charge in [-0.25, -0.2) is 0 Å². The highest BCUT2D eigenvalue weighted by Crippen LogP contribution is 2.56. The Morgan fingerprint density at radius 1 is 1.19 bits per heavy atom. The Kier molecular flexibility index (Phi) is 4.05. The van der Waals surface area contributed by atoms with E-state index in [1.54, 1.807) is 4.90 Å². The molecule has 1 spiro atoms. The van der Waals surface area contributed by atoms with Crippen molar-refractivity contribution in [1.29, 1.82) is 0 Å². The van der Waals surface area contributed by atoms with Crippen molar-refractivity contribution in [3.05, 3.63) is 53.6 Å². The van der Waals surface area contributed by atoms with Crippen LogP contribution in [0.25, 0.3) is 0 Å². The molecule has 31 heavy (non-hydrogen) atoms. The predicted molar refractivity (Wildman–Crippen MR) is 114 cm³/mol. The van der Waals surface area contributed by atoms with Crippen LogP contribution in [0.1, 0.15) is 30.4 Å². The van der Waals surface area contributed by atoms with Crippen molar-refractivity contribution < 1.29 is 19.1 Å². The van der Waals surface area contributed by atoms with Crippen LogP contribution in [0.3, 0.4) is 0 Å². The van der Waals surface area contributed by atoms with E-state index in [0.717, 1.165) is 42.0 Å². The summed E-state index contributed by atoms with van der Waals surface area (Å²) in [5.41, 5.74) is 1.93. The molecule has 160 valence electrons. The Morgan fingerprint density at radius 3 is 2.94 bits per heavy atom. The van der Waals surface area contributed by atoms with Gasteiger partial charge in [0.25, 0.3) is 5.91 Å². The van der Waals surface area contributed by atoms with Crippen LogP contribution >= 0.6 is 0 Å². The van der Waals surface area contributed by atoms with Crippen LogP contribution in [-0.4, -0.2) is 43.1 Å². The van der Waals surface area contributed by atoms with Gasteiger partial charge in [-0.3, -0.25) is 14.5 Å². The number of carbonyl (C=O) groups is 2. The Bertz CT molecular complexity index is 1090. The third kappa shape index (κ3) is 2.50. The molecule has 0 unspecified atom stereocenters. The second kappa shape index (κ2) is 6.72. The van der Waals surface area contributed by atoms with Crippen molar-refractivity contribution in [2.75, 3.05) is 25.3 Å². The van der Waals surface area contributed by atoms with Gasteiger partial charge in [0.1, 0.15) is 5.54 Å². The van der Waals surface area contributed by atoms with E-state index in [1.807, 2.05) is 49.5 Å². The van der Waals surface area contributed by atoms with E-state index in [1.165, 1.54) is 0 Å². The Morgan fingerprint density at radius 2 is 2.03 bits per heavy atom. The zero-order valence-electron chi connectivity index (χ0n) is 17.5. The maximum absolute atomic E-state index is 13.7. The monoisotopic (exact) mass is 419 g/mol. The molecule has 2 fully saturated rings. The summed E-state index contributed by atoms with van der Waals surface area (Å²) in [5, 5.41) is 3.11. The Hall–Kier alpha value is -3.06. The van der Waals surface area contributed by atoms with Gasteiger partial charge in [0.05, 0.1) is 5.92 Å². The fourth-order valence-corrected chi connectivity index (χ4v) is 6.03. The summed E-state index contributed by atoms with van der Waals surface area (Å²) in [7, 11) is 1.82. The van der Waals surface area contributed by atoms with Crippen LogP contribution < -0.4 is 19.7 Å². The number of hydrogen-bond donors (Lipinski definition) is 1. The summed E-state index contributed by atoms with van der Waals surface area (Å²) in [5.74, 6) is 0.963. The maximum Gasteiger partial charge on any atom is 0.252 e. The lowest BCUT2D eigenvalue weighted by Crippen LogP contribution is -2.55. The summed E-state index contributed by atoms with van der Waals surface area (Å²) in [6.45, 7) is 1.46. The lowest BCUT2D eigenvalue weighted by molar-refractivity contribution is -0.138. The second-order valence-electron chi connectivity index (χ2n) is 8.83. The number of ether oxygens (including phenoxy) is 2. The lowest BCUT2D eigenvalue weighted by atomic mass is 9.78. The minimum Gasteiger partial charge on any atom is -0.454 e. The van der Waals surface area contributed by atoms with E-state index in [-0.39, 0.29) is 24.6 Å². The highest BCUT2D eigenvalue weighted by molar-refractivity contribution is 6.10. The number of amides is 2. The standard InChI is InChI=1S/C24H25N3O4/c1-26-19-7-3-2-6-17(19)24(23(26)29)18(12-16-5-4-10-27(16)24)22(28)25-13-15-8-9-20-21(11-15)31-14-30-20/h2-3,6-9,11,16,18H,4-5,10,12-14H2,1H3,(H,25,28)/t16-,18-,24-/m1/s1. The molecule has 7 heteroatoms. The minimum atomic E-state index is -0.897. The van der Waals surface area contributed by atoms with Crippen LogP contribution in [0.4, 0.5) is 5.69 Å². The fraction of sp³-hybridized carbons (Fsp3) is 0.417. The van der Waals surface area contributed by atoms with Gasteiger partial charge in [0.2, 0.25) is 12.7 Å². The van der Waals surface area contributed by atoms with Crippen molar-refractivity contribution in [2.45, 2.75) is 37.4 Å². The van der Waals surface area contributed by atoms with Gasteiger partial charge in [-0.15, -0.1) is 0 Å². The van der Waals surface area contributed by atoms with Gasteiger partial charge in [0.15, 0.2) is 11.5 Å². The van der Waals surface area contributed by atoms with Gasteiger partial charge in [-0.1, -0.05) is 24.3 Å². The van der Waals surface area contributed by atoms with Crippen LogP contribution in [-0.2, 0) is 21.7 Å². The highest BCUT2D eigenvalue weighted by atomic mass is 16.7. The lowest BCUT2D eigenvalue weighted by Gasteiger charge is -2.37. The molecule has 2 aromatic rings. The van der Waals surface area contributed by atoms with E-state index < -0.39 is 11.5 Å². The second-order valence-corrected chi connectivity index (χ2v) is 8.83. The fourth-order valence-electron chi connectivity index (χ4n) is 6.03. The quantitative estimate of drug-likeness (QED) is 0.827. The van der Waals surface area contributed by atoms with Crippen molar-refractivity contribution >= 4 is 17.5 Å². The normalized spacial score (nSPS) is 28.3. The zero-order valence-corrected chi connectivity index (χ0v) is 17.5. The molecule has 6 rings (SSSR count). The summed E-state index contributed by atoms with van der Waals surface area (Å²) in [6.07, 6.45) is 2.81. The first-order valence-corrected chi connectivity index (χ1v) is 10.9. The molecule has 4 aliphatic heterocycles. The molecule has 2 saturated heterocycles. The minimum absolute atomic E-state index is 0.0151. The van der Waals surface area contributed by atoms with E-state index in [2.05, 4.69) is 10.2 Å². The Balaban J connectivity index is 1.32. The highest BCUT2D eigenvalue weighted by Gasteiger charge is 2.66. The van der Waals surface area contributed by atoms with E-state index in [9.17, 15) is 9.59 Å². The number of fused-ring (bicyclic) bond motifs is 5. The zero-order chi connectivity index (χ0) is 21.2. The number of para-hydroxylation sites is 1. The van der Waals surface area contributed by atoms with Crippen molar-refractivity contribution in [3.63, 3.8) is 0 Å². The molecule has 2 aromatic carbocycles. The van der Waals surface area contributed by atoms with Crippen molar-refractivity contribution in [2.24, 2.45) is 5.92 Å². The first-order valence-electron chi connectivity index (χ1n) is 10.9. The molecule has 0 radical (unpaired) electrons. The first-order chi connectivity index (χ1) is 15.1. The summed E-state index contributed by atoms with van der Waals surface area (Å²) >= 11 is 0. The molecule has 7 nitrogen and oxygen atoms in total. The largest absolute Gasteiger partial charge is 0.454 e. The number of nitrogens with zero attached hydrogens (tertiary/aromatic N) is 2. The summed E-state index contributed by atoms with van der Waals surface area (Å²) < 4.78 is 10.8. The number of likely N-dealkylation sites (N-methyl/N-ethyl adjacent to an activating group) is 1. The first kappa shape index (κ1) is 18.7. The third-order valence-electron chi connectivity index (χ3n) is 7.37. The Labute approximate surface area is 180 Å². The average molecular weight is 419 g/mol. The van der Waals surface area contributed by atoms with Crippen LogP contribution in [0.15, 0.2) is 42.5 Å². The topological polar surface area (TPSA) is 71.1 Å².